The van der Waals surface area contributed by atoms with E-state index in [4.69, 9.17) is 14.2 Å². The second kappa shape index (κ2) is 9.50. The number of ether oxygens (including phenoxy) is 3. The first kappa shape index (κ1) is 23.0. The summed E-state index contributed by atoms with van der Waals surface area (Å²) in [6.45, 7) is 9.55. The highest BCUT2D eigenvalue weighted by atomic mass is 16.6. The van der Waals surface area contributed by atoms with Crippen molar-refractivity contribution in [2.75, 3.05) is 20.3 Å². The zero-order valence-corrected chi connectivity index (χ0v) is 18.0. The van der Waals surface area contributed by atoms with Crippen molar-refractivity contribution in [3.63, 3.8) is 0 Å². The van der Waals surface area contributed by atoms with E-state index in [2.05, 4.69) is 11.9 Å². The van der Waals surface area contributed by atoms with Gasteiger partial charge in [0.05, 0.1) is 19.1 Å². The fourth-order valence-corrected chi connectivity index (χ4v) is 4.62. The fourth-order valence-electron chi connectivity index (χ4n) is 4.62. The maximum Gasteiger partial charge on any atom is 0.410 e. The van der Waals surface area contributed by atoms with Gasteiger partial charge in [-0.15, -0.1) is 0 Å². The van der Waals surface area contributed by atoms with Gasteiger partial charge in [0.2, 0.25) is 0 Å². The van der Waals surface area contributed by atoms with E-state index in [-0.39, 0.29) is 31.0 Å². The Morgan fingerprint density at radius 3 is 2.59 bits per heavy atom. The van der Waals surface area contributed by atoms with E-state index >= 15 is 0 Å². The molecule has 0 aromatic carbocycles. The van der Waals surface area contributed by atoms with Crippen LogP contribution >= 0.6 is 0 Å². The Bertz CT molecular complexity index is 629. The third-order valence-corrected chi connectivity index (χ3v) is 5.72. The van der Waals surface area contributed by atoms with Crippen LogP contribution in [-0.2, 0) is 19.0 Å². The Hall–Kier alpha value is -2.25. The summed E-state index contributed by atoms with van der Waals surface area (Å²) in [5, 5.41) is 2.85. The van der Waals surface area contributed by atoms with Gasteiger partial charge in [-0.3, -0.25) is 9.69 Å². The predicted molar refractivity (Wildman–Crippen MR) is 107 cm³/mol. The van der Waals surface area contributed by atoms with Crippen LogP contribution in [0.15, 0.2) is 12.7 Å². The lowest BCUT2D eigenvalue weighted by atomic mass is 9.84. The third-order valence-electron chi connectivity index (χ3n) is 5.72. The van der Waals surface area contributed by atoms with Crippen LogP contribution in [0.4, 0.5) is 9.59 Å². The molecule has 29 heavy (non-hydrogen) atoms. The molecule has 0 aromatic rings. The molecule has 1 saturated carbocycles. The first-order valence-corrected chi connectivity index (χ1v) is 10.2. The van der Waals surface area contributed by atoms with E-state index < -0.39 is 23.3 Å². The van der Waals surface area contributed by atoms with Crippen molar-refractivity contribution in [1.29, 1.82) is 0 Å². The predicted octanol–water partition coefficient (Wildman–Crippen LogP) is 3.40. The Kier molecular flexibility index (Phi) is 7.54. The zero-order valence-electron chi connectivity index (χ0n) is 18.0. The number of methoxy groups -OCH3 is 1. The lowest BCUT2D eigenvalue weighted by Crippen LogP contribution is -2.55. The molecule has 1 heterocycles. The van der Waals surface area contributed by atoms with Gasteiger partial charge in [-0.05, 0) is 52.4 Å². The zero-order chi connectivity index (χ0) is 21.7. The number of rotatable bonds is 6. The summed E-state index contributed by atoms with van der Waals surface area (Å²) in [5.41, 5.74) is -1.01. The number of carbonyl (C=O) groups is 3. The van der Waals surface area contributed by atoms with Gasteiger partial charge in [0.15, 0.2) is 0 Å². The van der Waals surface area contributed by atoms with E-state index in [9.17, 15) is 14.4 Å². The van der Waals surface area contributed by atoms with E-state index in [1.54, 1.807) is 4.90 Å². The first-order valence-electron chi connectivity index (χ1n) is 10.2. The summed E-state index contributed by atoms with van der Waals surface area (Å²) in [6, 6.07) is -0.276. The molecule has 8 heteroatoms. The van der Waals surface area contributed by atoms with Gasteiger partial charge in [-0.1, -0.05) is 19.1 Å². The molecule has 1 aliphatic carbocycles. The molecule has 8 nitrogen and oxygen atoms in total. The van der Waals surface area contributed by atoms with E-state index in [1.807, 2.05) is 20.8 Å². The third kappa shape index (κ3) is 5.64. The van der Waals surface area contributed by atoms with Crippen LogP contribution in [0.25, 0.3) is 0 Å². The SMILES string of the molecule is C=CCOC(=O)N1[C@@H](CC(=O)OC)CC[C@@]12CCC[C@H]2CNC(=O)OC(C)(C)C. The molecule has 1 aliphatic heterocycles. The van der Waals surface area contributed by atoms with Crippen molar-refractivity contribution < 1.29 is 28.6 Å². The number of esters is 1. The monoisotopic (exact) mass is 410 g/mol. The molecular formula is C21H34N2O6. The molecule has 0 bridgehead atoms. The minimum atomic E-state index is -0.572. The molecule has 1 saturated heterocycles. The van der Waals surface area contributed by atoms with Gasteiger partial charge in [0, 0.05) is 12.6 Å². The molecule has 0 unspecified atom stereocenters. The molecule has 0 aromatic heterocycles. The van der Waals surface area contributed by atoms with Crippen LogP contribution in [0.3, 0.4) is 0 Å². The highest BCUT2D eigenvalue weighted by Gasteiger charge is 2.56. The van der Waals surface area contributed by atoms with Crippen LogP contribution in [-0.4, -0.2) is 60.5 Å². The number of nitrogens with zero attached hydrogens (tertiary/aromatic N) is 1. The highest BCUT2D eigenvalue weighted by Crippen LogP contribution is 2.50. The summed E-state index contributed by atoms with van der Waals surface area (Å²) in [7, 11) is 1.34. The highest BCUT2D eigenvalue weighted by molar-refractivity contribution is 5.74. The molecule has 2 rings (SSSR count). The Balaban J connectivity index is 2.16. The van der Waals surface area contributed by atoms with E-state index in [1.165, 1.54) is 13.2 Å². The maximum atomic E-state index is 12.9. The van der Waals surface area contributed by atoms with Crippen molar-refractivity contribution in [2.24, 2.45) is 5.92 Å². The molecule has 0 radical (unpaired) electrons. The fraction of sp³-hybridized carbons (Fsp3) is 0.762. The average molecular weight is 411 g/mol. The van der Waals surface area contributed by atoms with E-state index in [0.717, 1.165) is 25.7 Å². The summed E-state index contributed by atoms with van der Waals surface area (Å²) >= 11 is 0. The number of likely N-dealkylation sites (tertiary alicyclic amines) is 1. The quantitative estimate of drug-likeness (QED) is 0.410. The number of hydrogen-bond donors (Lipinski definition) is 1. The minimum absolute atomic E-state index is 0.0638. The van der Waals surface area contributed by atoms with Crippen LogP contribution in [0.2, 0.25) is 0 Å². The van der Waals surface area contributed by atoms with Gasteiger partial charge in [-0.2, -0.15) is 0 Å². The second-order valence-electron chi connectivity index (χ2n) is 8.78. The summed E-state index contributed by atoms with van der Waals surface area (Å²) in [6.07, 6.45) is 4.83. The second-order valence-corrected chi connectivity index (χ2v) is 8.78. The molecular weight excluding hydrogens is 376 g/mol. The van der Waals surface area contributed by atoms with Crippen molar-refractivity contribution in [3.05, 3.63) is 12.7 Å². The summed E-state index contributed by atoms with van der Waals surface area (Å²) in [5.74, 6) is -0.288. The van der Waals surface area contributed by atoms with Crippen molar-refractivity contribution in [3.8, 4) is 0 Å². The Morgan fingerprint density at radius 2 is 1.97 bits per heavy atom. The van der Waals surface area contributed by atoms with Gasteiger partial charge in [-0.25, -0.2) is 9.59 Å². The first-order chi connectivity index (χ1) is 13.6. The summed E-state index contributed by atoms with van der Waals surface area (Å²) < 4.78 is 15.5. The number of alkyl carbamates (subject to hydrolysis) is 1. The Labute approximate surface area is 172 Å². The normalized spacial score (nSPS) is 26.3. The molecule has 2 aliphatic rings. The molecule has 2 fully saturated rings. The van der Waals surface area contributed by atoms with Gasteiger partial charge < -0.3 is 19.5 Å². The largest absolute Gasteiger partial charge is 0.469 e. The number of nitrogens with one attached hydrogen (secondary N) is 1. The standard InChI is InChI=1S/C21H34N2O6/c1-6-12-28-19(26)23-16(13-17(24)27-5)9-11-21(23)10-7-8-15(21)14-22-18(25)29-20(2,3)4/h6,15-16H,1,7-14H2,2-5H3,(H,22,25)/t15-,16+,21+/m0/s1. The van der Waals surface area contributed by atoms with Crippen LogP contribution in [0, 0.1) is 5.92 Å². The maximum absolute atomic E-state index is 12.9. The van der Waals surface area contributed by atoms with Crippen LogP contribution < -0.4 is 5.32 Å². The van der Waals surface area contributed by atoms with Crippen molar-refractivity contribution in [2.45, 2.75) is 76.5 Å². The van der Waals surface area contributed by atoms with Crippen molar-refractivity contribution in [1.82, 2.24) is 10.2 Å². The molecule has 2 amide bonds. The minimum Gasteiger partial charge on any atom is -0.469 e. The van der Waals surface area contributed by atoms with E-state index in [0.29, 0.717) is 13.0 Å². The topological polar surface area (TPSA) is 94.2 Å². The molecule has 164 valence electrons. The molecule has 3 atom stereocenters. The van der Waals surface area contributed by atoms with Gasteiger partial charge in [0.1, 0.15) is 12.2 Å². The number of amides is 2. The average Bonchev–Trinajstić information content (AvgIpc) is 3.20. The lowest BCUT2D eigenvalue weighted by molar-refractivity contribution is -0.141. The van der Waals surface area contributed by atoms with Crippen LogP contribution in [0.5, 0.6) is 0 Å². The number of carbonyl (C=O) groups excluding carboxylic acids is 3. The smallest absolute Gasteiger partial charge is 0.410 e. The van der Waals surface area contributed by atoms with Gasteiger partial charge >= 0.3 is 18.2 Å². The molecule has 1 spiro atoms. The summed E-state index contributed by atoms with van der Waals surface area (Å²) in [4.78, 5) is 38.7. The van der Waals surface area contributed by atoms with Crippen molar-refractivity contribution >= 4 is 18.2 Å². The Morgan fingerprint density at radius 1 is 1.24 bits per heavy atom. The number of hydrogen-bond acceptors (Lipinski definition) is 6. The van der Waals surface area contributed by atoms with Gasteiger partial charge in [0.25, 0.3) is 0 Å². The lowest BCUT2D eigenvalue weighted by Gasteiger charge is -2.42. The van der Waals surface area contributed by atoms with Crippen LogP contribution in [0.1, 0.15) is 59.3 Å². The molecule has 1 N–H and O–H groups in total.